The van der Waals surface area contributed by atoms with Crippen LogP contribution in [0.2, 0.25) is 0 Å². The fraction of sp³-hybridized carbons (Fsp3) is 0.0400. The van der Waals surface area contributed by atoms with Crippen LogP contribution < -0.4 is 0 Å². The van der Waals surface area contributed by atoms with Crippen LogP contribution in [0.3, 0.4) is 0 Å². The Bertz CT molecular complexity index is 2960. The number of fused-ring (bicyclic) bond motifs is 6. The summed E-state index contributed by atoms with van der Waals surface area (Å²) in [6.45, 7) is 4.43. The van der Waals surface area contributed by atoms with Gasteiger partial charge in [0.15, 0.2) is 0 Å². The fourth-order valence-corrected chi connectivity index (χ4v) is 8.34. The lowest BCUT2D eigenvalue weighted by Crippen LogP contribution is -1.95. The quantitative estimate of drug-likeness (QED) is 0.173. The van der Waals surface area contributed by atoms with Crippen molar-refractivity contribution in [3.05, 3.63) is 193 Å². The number of benzene rings is 8. The third kappa shape index (κ3) is 4.72. The maximum atomic E-state index is 2.41. The number of rotatable bonds is 5. The van der Waals surface area contributed by atoms with Gasteiger partial charge in [-0.2, -0.15) is 0 Å². The highest BCUT2D eigenvalue weighted by Crippen LogP contribution is 2.39. The zero-order chi connectivity index (χ0) is 34.8. The van der Waals surface area contributed by atoms with Crippen LogP contribution in [-0.2, 0) is 0 Å². The first-order chi connectivity index (χ1) is 25.6. The maximum Gasteiger partial charge on any atom is 0.0541 e. The summed E-state index contributed by atoms with van der Waals surface area (Å²) in [4.78, 5) is 0. The van der Waals surface area contributed by atoms with Crippen molar-refractivity contribution in [1.82, 2.24) is 9.13 Å². The molecule has 0 saturated carbocycles. The van der Waals surface area contributed by atoms with E-state index in [-0.39, 0.29) is 0 Å². The smallest absolute Gasteiger partial charge is 0.0541 e. The van der Waals surface area contributed by atoms with Crippen LogP contribution in [0.15, 0.2) is 182 Å². The van der Waals surface area contributed by atoms with E-state index in [9.17, 15) is 0 Å². The lowest BCUT2D eigenvalue weighted by Gasteiger charge is -2.15. The number of hydrogen-bond donors (Lipinski definition) is 0. The van der Waals surface area contributed by atoms with Crippen molar-refractivity contribution < 1.29 is 0 Å². The van der Waals surface area contributed by atoms with E-state index < -0.39 is 0 Å². The Morgan fingerprint density at radius 3 is 1.38 bits per heavy atom. The lowest BCUT2D eigenvalue weighted by atomic mass is 9.91. The molecule has 2 aromatic heterocycles. The van der Waals surface area contributed by atoms with Gasteiger partial charge in [0.1, 0.15) is 0 Å². The molecule has 0 aliphatic heterocycles. The van der Waals surface area contributed by atoms with E-state index in [1.54, 1.807) is 0 Å². The van der Waals surface area contributed by atoms with Crippen LogP contribution in [0.25, 0.3) is 88.4 Å². The number of aryl methyl sites for hydroxylation is 1. The molecule has 2 heterocycles. The first-order valence-electron chi connectivity index (χ1n) is 18.0. The molecule has 0 atom stereocenters. The highest BCUT2D eigenvalue weighted by molar-refractivity contribution is 6.12. The van der Waals surface area contributed by atoms with Crippen molar-refractivity contribution in [2.45, 2.75) is 13.8 Å². The Morgan fingerprint density at radius 2 is 0.769 bits per heavy atom. The van der Waals surface area contributed by atoms with Gasteiger partial charge in [-0.15, -0.1) is 0 Å². The van der Waals surface area contributed by atoms with E-state index in [1.165, 1.54) is 93.8 Å². The Morgan fingerprint density at radius 1 is 0.308 bits per heavy atom. The molecule has 8 aromatic carbocycles. The molecule has 0 radical (unpaired) electrons. The van der Waals surface area contributed by atoms with Gasteiger partial charge in [-0.1, -0.05) is 121 Å². The number of nitrogens with zero attached hydrogens (tertiary/aromatic N) is 2. The first kappa shape index (κ1) is 30.2. The minimum atomic E-state index is 1.16. The van der Waals surface area contributed by atoms with Gasteiger partial charge in [-0.3, -0.25) is 0 Å². The van der Waals surface area contributed by atoms with Crippen LogP contribution in [0.1, 0.15) is 11.1 Å². The van der Waals surface area contributed by atoms with Gasteiger partial charge in [-0.25, -0.2) is 0 Å². The van der Waals surface area contributed by atoms with E-state index in [0.717, 1.165) is 5.69 Å². The van der Waals surface area contributed by atoms with Crippen LogP contribution in [0, 0.1) is 13.8 Å². The van der Waals surface area contributed by atoms with Crippen molar-refractivity contribution in [1.29, 1.82) is 0 Å². The van der Waals surface area contributed by atoms with Gasteiger partial charge in [0.25, 0.3) is 0 Å². The SMILES string of the molecule is Cc1ccccc1-c1cccc(-c2ccc(-n3c4ccccc4c4cc(-c5ccc6c(c5)c5ccccc5n6-c5ccccc5)ccc43)cc2)c1C. The molecule has 0 N–H and O–H groups in total. The molecule has 52 heavy (non-hydrogen) atoms. The normalized spacial score (nSPS) is 11.7. The van der Waals surface area contributed by atoms with Crippen LogP contribution in [-0.4, -0.2) is 9.13 Å². The molecule has 2 heteroatoms. The van der Waals surface area contributed by atoms with Crippen molar-refractivity contribution in [3.8, 4) is 44.8 Å². The largest absolute Gasteiger partial charge is 0.309 e. The molecule has 0 fully saturated rings. The predicted octanol–water partition coefficient (Wildman–Crippen LogP) is 13.5. The van der Waals surface area contributed by atoms with Gasteiger partial charge in [0, 0.05) is 32.9 Å². The van der Waals surface area contributed by atoms with Gasteiger partial charge in [0.05, 0.1) is 22.1 Å². The van der Waals surface area contributed by atoms with E-state index in [0.29, 0.717) is 0 Å². The van der Waals surface area contributed by atoms with Crippen LogP contribution in [0.5, 0.6) is 0 Å². The summed E-state index contributed by atoms with van der Waals surface area (Å²) in [5, 5.41) is 5.04. The third-order valence-electron chi connectivity index (χ3n) is 10.9. The third-order valence-corrected chi connectivity index (χ3v) is 10.9. The monoisotopic (exact) mass is 664 g/mol. The van der Waals surface area contributed by atoms with Crippen LogP contribution >= 0.6 is 0 Å². The van der Waals surface area contributed by atoms with Gasteiger partial charge in [-0.05, 0) is 119 Å². The zero-order valence-corrected chi connectivity index (χ0v) is 29.2. The first-order valence-corrected chi connectivity index (χ1v) is 18.0. The molecule has 10 aromatic rings. The van der Waals surface area contributed by atoms with E-state index in [2.05, 4.69) is 205 Å². The minimum Gasteiger partial charge on any atom is -0.309 e. The van der Waals surface area contributed by atoms with E-state index >= 15 is 0 Å². The molecule has 10 rings (SSSR count). The second-order valence-electron chi connectivity index (χ2n) is 13.8. The maximum absolute atomic E-state index is 2.41. The summed E-state index contributed by atoms with van der Waals surface area (Å²) in [6, 6.07) is 66.4. The Hall–Kier alpha value is -6.64. The topological polar surface area (TPSA) is 9.86 Å². The van der Waals surface area contributed by atoms with Crippen LogP contribution in [0.4, 0.5) is 0 Å². The number of hydrogen-bond acceptors (Lipinski definition) is 0. The second-order valence-corrected chi connectivity index (χ2v) is 13.8. The molecule has 0 bridgehead atoms. The molecule has 246 valence electrons. The Kier molecular flexibility index (Phi) is 6.97. The Labute approximate surface area is 303 Å². The summed E-state index contributed by atoms with van der Waals surface area (Å²) in [5.41, 5.74) is 17.3. The number of para-hydroxylation sites is 3. The molecule has 0 aliphatic rings. The molecule has 0 unspecified atom stereocenters. The number of aromatic nitrogens is 2. The Balaban J connectivity index is 1.07. The molecule has 0 spiro atoms. The highest BCUT2D eigenvalue weighted by atomic mass is 15.0. The van der Waals surface area contributed by atoms with E-state index in [1.807, 2.05) is 0 Å². The lowest BCUT2D eigenvalue weighted by molar-refractivity contribution is 1.18. The van der Waals surface area contributed by atoms with E-state index in [4.69, 9.17) is 0 Å². The molecule has 2 nitrogen and oxygen atoms in total. The molecule has 0 saturated heterocycles. The summed E-state index contributed by atoms with van der Waals surface area (Å²) < 4.78 is 4.78. The molecular weight excluding hydrogens is 629 g/mol. The average Bonchev–Trinajstić information content (AvgIpc) is 3.71. The van der Waals surface area contributed by atoms with Crippen molar-refractivity contribution in [2.75, 3.05) is 0 Å². The van der Waals surface area contributed by atoms with Gasteiger partial charge < -0.3 is 9.13 Å². The predicted molar refractivity (Wildman–Crippen MR) is 221 cm³/mol. The zero-order valence-electron chi connectivity index (χ0n) is 29.2. The van der Waals surface area contributed by atoms with Crippen molar-refractivity contribution >= 4 is 43.6 Å². The van der Waals surface area contributed by atoms with Crippen molar-refractivity contribution in [2.24, 2.45) is 0 Å². The average molecular weight is 665 g/mol. The molecule has 0 amide bonds. The van der Waals surface area contributed by atoms with Gasteiger partial charge >= 0.3 is 0 Å². The minimum absolute atomic E-state index is 1.16. The molecular formula is C50H36N2. The summed E-state index contributed by atoms with van der Waals surface area (Å²) in [7, 11) is 0. The van der Waals surface area contributed by atoms with Gasteiger partial charge in [0.2, 0.25) is 0 Å². The second kappa shape index (κ2) is 12.0. The fourth-order valence-electron chi connectivity index (χ4n) is 8.34. The summed E-state index contributed by atoms with van der Waals surface area (Å²) >= 11 is 0. The highest BCUT2D eigenvalue weighted by Gasteiger charge is 2.17. The van der Waals surface area contributed by atoms with Crippen molar-refractivity contribution in [3.63, 3.8) is 0 Å². The summed E-state index contributed by atoms with van der Waals surface area (Å²) in [5.74, 6) is 0. The molecule has 0 aliphatic carbocycles. The standard InChI is InChI=1S/C50H36N2/c1-33-13-6-7-16-40(33)42-20-12-19-41(34(42)2)35-23-27-39(28-24-35)52-48-22-11-9-18-44(48)46-32-37(26-30-50(46)52)36-25-29-49-45(31-36)43-17-8-10-21-47(43)51(49)38-14-4-3-5-15-38/h3-32H,1-2H3. The summed E-state index contributed by atoms with van der Waals surface area (Å²) in [6.07, 6.45) is 0.